The summed E-state index contributed by atoms with van der Waals surface area (Å²) in [5, 5.41) is 3.71. The number of likely N-dealkylation sites (tertiary alicyclic amines) is 1. The average molecular weight is 437 g/mol. The number of nitrogens with one attached hydrogen (secondary N) is 1. The Bertz CT molecular complexity index is 884. The molecule has 2 aromatic rings. The summed E-state index contributed by atoms with van der Waals surface area (Å²) in [6.07, 6.45) is 3.71. The first kappa shape index (κ1) is 24.3. The Hall–Kier alpha value is -2.33. The standard InChI is InChI=1S/C28H40N2O2/c1-7-20(8-2)27(31)30-24(21-12-10-9-11-13-21)15-17-26(30)29-19-22-18-23(28(3,4)5)14-16-25(22)32-6/h9-14,16,18,20,24,26,29H,7-8,15,17,19H2,1-6H3. The molecule has 0 bridgehead atoms. The quantitative estimate of drug-likeness (QED) is 0.535. The van der Waals surface area contributed by atoms with Gasteiger partial charge in [0, 0.05) is 18.0 Å². The van der Waals surface area contributed by atoms with Gasteiger partial charge < -0.3 is 9.64 Å². The Morgan fingerprint density at radius 3 is 2.38 bits per heavy atom. The van der Waals surface area contributed by atoms with Crippen molar-refractivity contribution < 1.29 is 9.53 Å². The van der Waals surface area contributed by atoms with Crippen LogP contribution in [-0.2, 0) is 16.8 Å². The van der Waals surface area contributed by atoms with E-state index in [0.29, 0.717) is 6.54 Å². The number of carbonyl (C=O) groups excluding carboxylic acids is 1. The van der Waals surface area contributed by atoms with Crippen LogP contribution in [0.25, 0.3) is 0 Å². The smallest absolute Gasteiger partial charge is 0.227 e. The molecular weight excluding hydrogens is 396 g/mol. The molecule has 1 amide bonds. The van der Waals surface area contributed by atoms with Crippen LogP contribution >= 0.6 is 0 Å². The minimum Gasteiger partial charge on any atom is -0.496 e. The van der Waals surface area contributed by atoms with Crippen LogP contribution in [0.3, 0.4) is 0 Å². The Morgan fingerprint density at radius 2 is 1.78 bits per heavy atom. The minimum atomic E-state index is 0.0244. The average Bonchev–Trinajstić information content (AvgIpc) is 3.22. The monoisotopic (exact) mass is 436 g/mol. The van der Waals surface area contributed by atoms with Gasteiger partial charge in [-0.25, -0.2) is 0 Å². The summed E-state index contributed by atoms with van der Waals surface area (Å²) in [6, 6.07) is 17.0. The van der Waals surface area contributed by atoms with Gasteiger partial charge in [0.1, 0.15) is 5.75 Å². The van der Waals surface area contributed by atoms with Gasteiger partial charge in [0.15, 0.2) is 0 Å². The van der Waals surface area contributed by atoms with Gasteiger partial charge in [-0.15, -0.1) is 0 Å². The summed E-state index contributed by atoms with van der Waals surface area (Å²) in [7, 11) is 1.72. The normalized spacial score (nSPS) is 18.9. The topological polar surface area (TPSA) is 41.6 Å². The Balaban J connectivity index is 1.85. The molecule has 0 aromatic heterocycles. The van der Waals surface area contributed by atoms with Gasteiger partial charge in [0.05, 0.1) is 19.3 Å². The number of rotatable bonds is 8. The highest BCUT2D eigenvalue weighted by Gasteiger charge is 2.39. The second-order valence-corrected chi connectivity index (χ2v) is 9.94. The fourth-order valence-electron chi connectivity index (χ4n) is 4.78. The van der Waals surface area contributed by atoms with E-state index in [-0.39, 0.29) is 29.4 Å². The highest BCUT2D eigenvalue weighted by molar-refractivity contribution is 5.80. The van der Waals surface area contributed by atoms with E-state index < -0.39 is 0 Å². The number of carbonyl (C=O) groups is 1. The van der Waals surface area contributed by atoms with Crippen molar-refractivity contribution in [2.75, 3.05) is 7.11 Å². The van der Waals surface area contributed by atoms with Gasteiger partial charge in [0.2, 0.25) is 5.91 Å². The number of hydrogen-bond acceptors (Lipinski definition) is 3. The third kappa shape index (κ3) is 5.35. The molecule has 174 valence electrons. The lowest BCUT2D eigenvalue weighted by molar-refractivity contribution is -0.139. The van der Waals surface area contributed by atoms with Crippen LogP contribution in [0, 0.1) is 5.92 Å². The molecule has 4 heteroatoms. The first-order valence-electron chi connectivity index (χ1n) is 12.1. The molecule has 2 unspecified atom stereocenters. The van der Waals surface area contributed by atoms with Crippen LogP contribution in [0.5, 0.6) is 5.75 Å². The molecule has 1 aliphatic heterocycles. The number of amides is 1. The molecule has 1 saturated heterocycles. The molecule has 32 heavy (non-hydrogen) atoms. The summed E-state index contributed by atoms with van der Waals surface area (Å²) in [6.45, 7) is 11.6. The van der Waals surface area contributed by atoms with Crippen molar-refractivity contribution in [3.05, 3.63) is 65.2 Å². The van der Waals surface area contributed by atoms with Gasteiger partial charge in [-0.1, -0.05) is 77.1 Å². The van der Waals surface area contributed by atoms with Crippen LogP contribution in [-0.4, -0.2) is 24.1 Å². The van der Waals surface area contributed by atoms with Gasteiger partial charge in [-0.2, -0.15) is 0 Å². The first-order valence-corrected chi connectivity index (χ1v) is 12.1. The molecule has 3 rings (SSSR count). The second kappa shape index (κ2) is 10.5. The van der Waals surface area contributed by atoms with Crippen molar-refractivity contribution in [1.29, 1.82) is 0 Å². The van der Waals surface area contributed by atoms with Crippen molar-refractivity contribution in [1.82, 2.24) is 10.2 Å². The number of ether oxygens (including phenoxy) is 1. The zero-order chi connectivity index (χ0) is 23.3. The number of hydrogen-bond donors (Lipinski definition) is 1. The lowest BCUT2D eigenvalue weighted by atomic mass is 9.86. The number of methoxy groups -OCH3 is 1. The summed E-state index contributed by atoms with van der Waals surface area (Å²) in [5.74, 6) is 1.23. The highest BCUT2D eigenvalue weighted by Crippen LogP contribution is 2.37. The fraction of sp³-hybridized carbons (Fsp3) is 0.536. The van der Waals surface area contributed by atoms with Crippen LogP contribution in [0.4, 0.5) is 0 Å². The predicted octanol–water partition coefficient (Wildman–Crippen LogP) is 6.21. The van der Waals surface area contributed by atoms with Crippen LogP contribution < -0.4 is 10.1 Å². The second-order valence-electron chi connectivity index (χ2n) is 9.94. The maximum absolute atomic E-state index is 13.6. The molecule has 0 radical (unpaired) electrons. The zero-order valence-corrected chi connectivity index (χ0v) is 20.7. The Morgan fingerprint density at radius 1 is 1.09 bits per heavy atom. The Labute approximate surface area is 194 Å². The lowest BCUT2D eigenvalue weighted by Gasteiger charge is -2.34. The third-order valence-corrected chi connectivity index (χ3v) is 6.83. The molecule has 2 atom stereocenters. The predicted molar refractivity (Wildman–Crippen MR) is 132 cm³/mol. The van der Waals surface area contributed by atoms with Gasteiger partial charge >= 0.3 is 0 Å². The first-order chi connectivity index (χ1) is 15.3. The molecule has 1 heterocycles. The summed E-state index contributed by atoms with van der Waals surface area (Å²) < 4.78 is 5.65. The molecular formula is C28H40N2O2. The molecule has 1 fully saturated rings. The van der Waals surface area contributed by atoms with Gasteiger partial charge in [-0.05, 0) is 48.3 Å². The molecule has 0 aliphatic carbocycles. The lowest BCUT2D eigenvalue weighted by Crippen LogP contribution is -2.47. The van der Waals surface area contributed by atoms with E-state index in [9.17, 15) is 4.79 Å². The molecule has 2 aromatic carbocycles. The van der Waals surface area contributed by atoms with E-state index in [1.54, 1.807) is 7.11 Å². The van der Waals surface area contributed by atoms with Crippen LogP contribution in [0.1, 0.15) is 83.0 Å². The van der Waals surface area contributed by atoms with E-state index in [1.165, 1.54) is 11.1 Å². The third-order valence-electron chi connectivity index (χ3n) is 6.83. The van der Waals surface area contributed by atoms with E-state index in [2.05, 4.69) is 87.3 Å². The van der Waals surface area contributed by atoms with E-state index >= 15 is 0 Å². The molecule has 1 N–H and O–H groups in total. The highest BCUT2D eigenvalue weighted by atomic mass is 16.5. The fourth-order valence-corrected chi connectivity index (χ4v) is 4.78. The maximum atomic E-state index is 13.6. The number of nitrogens with zero attached hydrogens (tertiary/aromatic N) is 1. The molecule has 0 saturated carbocycles. The van der Waals surface area contributed by atoms with E-state index in [4.69, 9.17) is 4.74 Å². The van der Waals surface area contributed by atoms with Crippen molar-refractivity contribution in [3.8, 4) is 5.75 Å². The largest absolute Gasteiger partial charge is 0.496 e. The van der Waals surface area contributed by atoms with Gasteiger partial charge in [-0.3, -0.25) is 10.1 Å². The van der Waals surface area contributed by atoms with Crippen molar-refractivity contribution >= 4 is 5.91 Å². The Kier molecular flexibility index (Phi) is 8.00. The van der Waals surface area contributed by atoms with Gasteiger partial charge in [0.25, 0.3) is 0 Å². The summed E-state index contributed by atoms with van der Waals surface area (Å²) in [5.41, 5.74) is 3.72. The zero-order valence-electron chi connectivity index (χ0n) is 20.7. The van der Waals surface area contributed by atoms with Crippen LogP contribution in [0.2, 0.25) is 0 Å². The SMILES string of the molecule is CCC(CC)C(=O)N1C(NCc2cc(C(C)(C)C)ccc2OC)CCC1c1ccccc1. The summed E-state index contributed by atoms with van der Waals surface area (Å²) in [4.78, 5) is 15.7. The van der Waals surface area contributed by atoms with Crippen molar-refractivity contribution in [2.45, 2.75) is 84.5 Å². The van der Waals surface area contributed by atoms with Crippen molar-refractivity contribution in [3.63, 3.8) is 0 Å². The summed E-state index contributed by atoms with van der Waals surface area (Å²) >= 11 is 0. The van der Waals surface area contributed by atoms with E-state index in [1.807, 2.05) is 6.07 Å². The minimum absolute atomic E-state index is 0.0244. The molecule has 4 nitrogen and oxygen atoms in total. The molecule has 1 aliphatic rings. The maximum Gasteiger partial charge on any atom is 0.227 e. The van der Waals surface area contributed by atoms with Crippen molar-refractivity contribution in [2.24, 2.45) is 5.92 Å². The van der Waals surface area contributed by atoms with E-state index in [0.717, 1.165) is 37.0 Å². The number of benzene rings is 2. The molecule has 0 spiro atoms. The van der Waals surface area contributed by atoms with Crippen LogP contribution in [0.15, 0.2) is 48.5 Å².